The number of piperazine rings is 1. The van der Waals surface area contributed by atoms with E-state index in [-0.39, 0.29) is 11.7 Å². The molecular weight excluding hydrogens is 504 g/mol. The lowest BCUT2D eigenvalue weighted by Crippen LogP contribution is -2.46. The van der Waals surface area contributed by atoms with E-state index in [4.69, 9.17) is 0 Å². The number of aryl methyl sites for hydroxylation is 1. The number of anilines is 2. The van der Waals surface area contributed by atoms with E-state index in [1.54, 1.807) is 0 Å². The quantitative estimate of drug-likeness (QED) is 0.332. The number of pyridine rings is 1. The first-order valence-corrected chi connectivity index (χ1v) is 13.7. The van der Waals surface area contributed by atoms with Gasteiger partial charge >= 0.3 is 0 Å². The maximum absolute atomic E-state index is 13.1. The van der Waals surface area contributed by atoms with Gasteiger partial charge in [-0.2, -0.15) is 0 Å². The van der Waals surface area contributed by atoms with Gasteiger partial charge in [-0.15, -0.1) is 5.10 Å². The smallest absolute Gasteiger partial charge is 0.291 e. The van der Waals surface area contributed by atoms with Gasteiger partial charge in [0.15, 0.2) is 0 Å². The molecule has 0 unspecified atom stereocenters. The van der Waals surface area contributed by atoms with Gasteiger partial charge in [0, 0.05) is 62.9 Å². The second kappa shape index (κ2) is 11.7. The van der Waals surface area contributed by atoms with Crippen molar-refractivity contribution in [2.24, 2.45) is 0 Å². The van der Waals surface area contributed by atoms with Crippen LogP contribution in [0, 0.1) is 0 Å². The summed E-state index contributed by atoms with van der Waals surface area (Å²) in [7, 11) is 0. The van der Waals surface area contributed by atoms with Crippen LogP contribution >= 0.6 is 0 Å². The van der Waals surface area contributed by atoms with Gasteiger partial charge < -0.3 is 15.5 Å². The van der Waals surface area contributed by atoms with Gasteiger partial charge in [0.25, 0.3) is 5.91 Å². The van der Waals surface area contributed by atoms with Crippen molar-refractivity contribution in [3.05, 3.63) is 101 Å². The topological polar surface area (TPSA) is 119 Å². The number of hydrogen-bond donors (Lipinski definition) is 3. The van der Waals surface area contributed by atoms with Crippen molar-refractivity contribution < 1.29 is 9.59 Å². The molecule has 6 rings (SSSR count). The SMILES string of the molecule is O=C(N[C@@H]1CCc2ccc(CN3CCN(c4ccncc4)CC3)cc2NC1=O)c1n[nH]c(Cc2ccccc2)n1. The minimum atomic E-state index is -0.666. The average molecular weight is 537 g/mol. The lowest BCUT2D eigenvalue weighted by atomic mass is 10.0. The zero-order valence-corrected chi connectivity index (χ0v) is 22.2. The fourth-order valence-corrected chi connectivity index (χ4v) is 5.31. The molecule has 0 bridgehead atoms. The number of nitrogens with one attached hydrogen (secondary N) is 3. The summed E-state index contributed by atoms with van der Waals surface area (Å²) in [6.07, 6.45) is 5.39. The Balaban J connectivity index is 1.03. The second-order valence-electron chi connectivity index (χ2n) is 10.3. The van der Waals surface area contributed by atoms with Gasteiger partial charge in [-0.25, -0.2) is 4.98 Å². The molecule has 4 aromatic rings. The molecule has 0 saturated carbocycles. The Kier molecular flexibility index (Phi) is 7.49. The van der Waals surface area contributed by atoms with Crippen molar-refractivity contribution in [1.82, 2.24) is 30.4 Å². The van der Waals surface area contributed by atoms with Crippen LogP contribution in [0.15, 0.2) is 73.1 Å². The van der Waals surface area contributed by atoms with Crippen molar-refractivity contribution >= 4 is 23.2 Å². The number of H-pyrrole nitrogens is 1. The lowest BCUT2D eigenvalue weighted by molar-refractivity contribution is -0.118. The maximum atomic E-state index is 13.1. The standard InChI is InChI=1S/C30H32N8O2/c39-29-25(32-30(40)28-34-27(35-36-28)19-21-4-2-1-3-5-21)9-8-23-7-6-22(18-26(23)33-29)20-37-14-16-38(17-15-37)24-10-12-31-13-11-24/h1-7,10-13,18,25H,8-9,14-17,19-20H2,(H,32,40)(H,33,39)(H,34,35,36)/t25-/m1/s1. The van der Waals surface area contributed by atoms with E-state index >= 15 is 0 Å². The predicted molar refractivity (Wildman–Crippen MR) is 152 cm³/mol. The molecule has 0 spiro atoms. The molecule has 0 aliphatic carbocycles. The van der Waals surface area contributed by atoms with Gasteiger partial charge in [-0.1, -0.05) is 42.5 Å². The van der Waals surface area contributed by atoms with Gasteiger partial charge in [-0.3, -0.25) is 24.6 Å². The molecule has 10 heteroatoms. The van der Waals surface area contributed by atoms with E-state index in [2.05, 4.69) is 70.9 Å². The largest absolute Gasteiger partial charge is 0.369 e. The Morgan fingerprint density at radius 1 is 0.975 bits per heavy atom. The predicted octanol–water partition coefficient (Wildman–Crippen LogP) is 2.80. The third-order valence-electron chi connectivity index (χ3n) is 7.51. The molecule has 2 aliphatic heterocycles. The number of aromatic amines is 1. The van der Waals surface area contributed by atoms with E-state index in [9.17, 15) is 9.59 Å². The molecule has 0 radical (unpaired) electrons. The van der Waals surface area contributed by atoms with Gasteiger partial charge in [-0.05, 0) is 47.7 Å². The van der Waals surface area contributed by atoms with E-state index < -0.39 is 11.9 Å². The molecule has 10 nitrogen and oxygen atoms in total. The van der Waals surface area contributed by atoms with Crippen LogP contribution in [-0.2, 0) is 24.2 Å². The molecule has 1 fully saturated rings. The highest BCUT2D eigenvalue weighted by atomic mass is 16.2. The Labute approximate surface area is 232 Å². The number of benzene rings is 2. The first-order chi connectivity index (χ1) is 19.6. The van der Waals surface area contributed by atoms with Crippen LogP contribution in [0.25, 0.3) is 0 Å². The number of nitrogens with zero attached hydrogens (tertiary/aromatic N) is 5. The molecule has 2 amide bonds. The van der Waals surface area contributed by atoms with Crippen molar-refractivity contribution in [2.75, 3.05) is 36.4 Å². The van der Waals surface area contributed by atoms with E-state index in [0.717, 1.165) is 55.1 Å². The third-order valence-corrected chi connectivity index (χ3v) is 7.51. The van der Waals surface area contributed by atoms with Crippen molar-refractivity contribution in [3.63, 3.8) is 0 Å². The first kappa shape index (κ1) is 25.7. The average Bonchev–Trinajstić information content (AvgIpc) is 3.40. The van der Waals surface area contributed by atoms with Gasteiger partial charge in [0.1, 0.15) is 11.9 Å². The summed E-state index contributed by atoms with van der Waals surface area (Å²) < 4.78 is 0. The number of carbonyl (C=O) groups excluding carboxylic acids is 2. The summed E-state index contributed by atoms with van der Waals surface area (Å²) in [6.45, 7) is 4.68. The Morgan fingerprint density at radius 3 is 2.58 bits per heavy atom. The number of carbonyl (C=O) groups is 2. The zero-order valence-electron chi connectivity index (χ0n) is 22.2. The van der Waals surface area contributed by atoms with E-state index in [1.165, 1.54) is 5.69 Å². The summed E-state index contributed by atoms with van der Waals surface area (Å²) in [5, 5.41) is 12.8. The van der Waals surface area contributed by atoms with Gasteiger partial charge in [0.2, 0.25) is 11.7 Å². The normalized spacial score (nSPS) is 17.6. The Hall–Kier alpha value is -4.57. The minimum Gasteiger partial charge on any atom is -0.369 e. The molecule has 2 aromatic carbocycles. The van der Waals surface area contributed by atoms with E-state index in [1.807, 2.05) is 42.7 Å². The van der Waals surface area contributed by atoms with Gasteiger partial charge in [0.05, 0.1) is 0 Å². The van der Waals surface area contributed by atoms with Crippen LogP contribution in [0.4, 0.5) is 11.4 Å². The molecular formula is C30H32N8O2. The Bertz CT molecular complexity index is 1470. The van der Waals surface area contributed by atoms with Crippen LogP contribution in [0.1, 0.15) is 39.6 Å². The molecule has 3 N–H and O–H groups in total. The van der Waals surface area contributed by atoms with Crippen LogP contribution in [0.2, 0.25) is 0 Å². The number of amides is 2. The molecule has 2 aromatic heterocycles. The number of fused-ring (bicyclic) bond motifs is 1. The molecule has 2 aliphatic rings. The monoisotopic (exact) mass is 536 g/mol. The van der Waals surface area contributed by atoms with Crippen molar-refractivity contribution in [1.29, 1.82) is 0 Å². The minimum absolute atomic E-state index is 0.0341. The van der Waals surface area contributed by atoms with Crippen LogP contribution in [-0.4, -0.2) is 69.1 Å². The fourth-order valence-electron chi connectivity index (χ4n) is 5.31. The summed E-state index contributed by atoms with van der Waals surface area (Å²) in [4.78, 5) is 39.2. The second-order valence-corrected chi connectivity index (χ2v) is 10.3. The first-order valence-electron chi connectivity index (χ1n) is 13.7. The Morgan fingerprint density at radius 2 is 1.77 bits per heavy atom. The molecule has 4 heterocycles. The highest BCUT2D eigenvalue weighted by molar-refractivity contribution is 6.00. The number of hydrogen-bond acceptors (Lipinski definition) is 7. The molecule has 1 saturated heterocycles. The molecule has 204 valence electrons. The zero-order chi connectivity index (χ0) is 27.3. The maximum Gasteiger partial charge on any atom is 0.291 e. The number of rotatable bonds is 7. The highest BCUT2D eigenvalue weighted by Crippen LogP contribution is 2.25. The van der Waals surface area contributed by atoms with Crippen molar-refractivity contribution in [2.45, 2.75) is 31.8 Å². The lowest BCUT2D eigenvalue weighted by Gasteiger charge is -2.36. The molecule has 1 atom stereocenters. The van der Waals surface area contributed by atoms with Crippen LogP contribution < -0.4 is 15.5 Å². The summed E-state index contributed by atoms with van der Waals surface area (Å²) >= 11 is 0. The summed E-state index contributed by atoms with van der Waals surface area (Å²) in [5.41, 5.74) is 5.32. The number of aromatic nitrogens is 4. The fraction of sp³-hybridized carbons (Fsp3) is 0.300. The molecule has 40 heavy (non-hydrogen) atoms. The van der Waals surface area contributed by atoms with Crippen LogP contribution in [0.3, 0.4) is 0 Å². The summed E-state index contributed by atoms with van der Waals surface area (Å²) in [5.74, 6) is -0.0595. The third kappa shape index (κ3) is 6.02. The summed E-state index contributed by atoms with van der Waals surface area (Å²) in [6, 6.07) is 19.6. The van der Waals surface area contributed by atoms with Crippen LogP contribution in [0.5, 0.6) is 0 Å². The van der Waals surface area contributed by atoms with Crippen molar-refractivity contribution in [3.8, 4) is 0 Å². The van der Waals surface area contributed by atoms with E-state index in [0.29, 0.717) is 25.1 Å². The highest BCUT2D eigenvalue weighted by Gasteiger charge is 2.27.